The fourth-order valence-corrected chi connectivity index (χ4v) is 2.11. The van der Waals surface area contributed by atoms with Gasteiger partial charge >= 0.3 is 0 Å². The summed E-state index contributed by atoms with van der Waals surface area (Å²) in [6.07, 6.45) is 0. The fraction of sp³-hybridized carbons (Fsp3) is 0.200. The first-order valence-electron chi connectivity index (χ1n) is 6.03. The van der Waals surface area contributed by atoms with Gasteiger partial charge in [-0.25, -0.2) is 4.39 Å². The fourth-order valence-electron chi connectivity index (χ4n) is 1.87. The average molecular weight is 280 g/mol. The van der Waals surface area contributed by atoms with Crippen molar-refractivity contribution in [1.29, 1.82) is 0 Å². The van der Waals surface area contributed by atoms with Gasteiger partial charge in [0, 0.05) is 23.2 Å². The minimum absolute atomic E-state index is 0.0358. The van der Waals surface area contributed by atoms with Crippen molar-refractivity contribution in [3.8, 4) is 5.75 Å². The zero-order valence-corrected chi connectivity index (χ0v) is 11.3. The van der Waals surface area contributed by atoms with Crippen molar-refractivity contribution >= 4 is 11.6 Å². The third-order valence-electron chi connectivity index (χ3n) is 3.03. The van der Waals surface area contributed by atoms with E-state index < -0.39 is 0 Å². The Bertz CT molecular complexity index is 554. The van der Waals surface area contributed by atoms with Crippen molar-refractivity contribution in [2.24, 2.45) is 0 Å². The van der Waals surface area contributed by atoms with E-state index in [0.29, 0.717) is 17.1 Å². The molecule has 2 N–H and O–H groups in total. The minimum Gasteiger partial charge on any atom is -0.508 e. The van der Waals surface area contributed by atoms with Gasteiger partial charge in [-0.3, -0.25) is 0 Å². The van der Waals surface area contributed by atoms with E-state index in [2.05, 4.69) is 5.32 Å². The molecule has 0 saturated heterocycles. The monoisotopic (exact) mass is 279 g/mol. The van der Waals surface area contributed by atoms with Crippen molar-refractivity contribution < 1.29 is 9.50 Å². The Balaban J connectivity index is 2.06. The number of aromatic hydroxyl groups is 1. The third kappa shape index (κ3) is 3.46. The molecule has 0 aliphatic heterocycles. The lowest BCUT2D eigenvalue weighted by Crippen LogP contribution is -2.18. The van der Waals surface area contributed by atoms with Gasteiger partial charge < -0.3 is 10.4 Å². The van der Waals surface area contributed by atoms with E-state index in [1.807, 2.05) is 13.0 Å². The smallest absolute Gasteiger partial charge is 0.123 e. The molecule has 2 rings (SSSR count). The second kappa shape index (κ2) is 6.04. The van der Waals surface area contributed by atoms with E-state index in [4.69, 9.17) is 11.6 Å². The maximum absolute atomic E-state index is 13.1. The van der Waals surface area contributed by atoms with E-state index in [1.165, 1.54) is 12.1 Å². The topological polar surface area (TPSA) is 32.3 Å². The number of phenolic OH excluding ortho intramolecular Hbond substituents is 1. The maximum atomic E-state index is 13.1. The molecule has 0 radical (unpaired) electrons. The van der Waals surface area contributed by atoms with Gasteiger partial charge in [0.2, 0.25) is 0 Å². The molecule has 0 aliphatic carbocycles. The number of nitrogens with one attached hydrogen (secondary N) is 1. The Hall–Kier alpha value is -1.58. The van der Waals surface area contributed by atoms with Crippen LogP contribution in [0.2, 0.25) is 5.02 Å². The Morgan fingerprint density at radius 1 is 1.26 bits per heavy atom. The number of rotatable bonds is 4. The Kier molecular flexibility index (Phi) is 4.40. The van der Waals surface area contributed by atoms with Crippen LogP contribution in [-0.2, 0) is 6.54 Å². The highest BCUT2D eigenvalue weighted by Crippen LogP contribution is 2.25. The minimum atomic E-state index is -0.258. The normalized spacial score (nSPS) is 12.4. The zero-order chi connectivity index (χ0) is 13.8. The van der Waals surface area contributed by atoms with Gasteiger partial charge in [-0.2, -0.15) is 0 Å². The number of hydrogen-bond donors (Lipinski definition) is 2. The van der Waals surface area contributed by atoms with Crippen molar-refractivity contribution in [3.63, 3.8) is 0 Å². The summed E-state index contributed by atoms with van der Waals surface area (Å²) in [7, 11) is 0. The standard InChI is InChI=1S/C15H15ClFNO/c1-10(11-4-2-5-12(17)8-11)18-9-13-14(16)6-3-7-15(13)19/h2-8,10,18-19H,9H2,1H3/t10-/m0/s1. The molecule has 0 amide bonds. The molecular formula is C15H15ClFNO. The van der Waals surface area contributed by atoms with E-state index in [9.17, 15) is 9.50 Å². The van der Waals surface area contributed by atoms with Gasteiger partial charge in [-0.1, -0.05) is 29.8 Å². The van der Waals surface area contributed by atoms with Crippen LogP contribution in [-0.4, -0.2) is 5.11 Å². The van der Waals surface area contributed by atoms with Crippen LogP contribution in [0.5, 0.6) is 5.75 Å². The van der Waals surface area contributed by atoms with Crippen LogP contribution in [0.25, 0.3) is 0 Å². The molecule has 0 aromatic heterocycles. The van der Waals surface area contributed by atoms with Gasteiger partial charge in [0.05, 0.1) is 0 Å². The van der Waals surface area contributed by atoms with Gasteiger partial charge in [-0.05, 0) is 36.8 Å². The van der Waals surface area contributed by atoms with Crippen molar-refractivity contribution in [1.82, 2.24) is 5.32 Å². The molecular weight excluding hydrogens is 265 g/mol. The van der Waals surface area contributed by atoms with Crippen LogP contribution >= 0.6 is 11.6 Å². The van der Waals surface area contributed by atoms with E-state index in [0.717, 1.165) is 5.56 Å². The molecule has 2 aromatic rings. The predicted octanol–water partition coefficient (Wildman–Crippen LogP) is 4.04. The highest BCUT2D eigenvalue weighted by molar-refractivity contribution is 6.31. The Labute approximate surface area is 116 Å². The molecule has 0 spiro atoms. The molecule has 2 aromatic carbocycles. The molecule has 0 saturated carbocycles. The number of hydrogen-bond acceptors (Lipinski definition) is 2. The second-order valence-corrected chi connectivity index (χ2v) is 4.80. The van der Waals surface area contributed by atoms with Gasteiger partial charge in [0.1, 0.15) is 11.6 Å². The van der Waals surface area contributed by atoms with Crippen LogP contribution in [0.3, 0.4) is 0 Å². The lowest BCUT2D eigenvalue weighted by atomic mass is 10.1. The molecule has 0 heterocycles. The SMILES string of the molecule is C[C@H](NCc1c(O)cccc1Cl)c1cccc(F)c1. The molecule has 0 aliphatic rings. The summed E-state index contributed by atoms with van der Waals surface area (Å²) in [5.41, 5.74) is 1.50. The predicted molar refractivity (Wildman–Crippen MR) is 74.8 cm³/mol. The second-order valence-electron chi connectivity index (χ2n) is 4.40. The number of phenols is 1. The van der Waals surface area contributed by atoms with E-state index in [1.54, 1.807) is 24.3 Å². The first kappa shape index (κ1) is 13.8. The summed E-state index contributed by atoms with van der Waals surface area (Å²) in [5.74, 6) is -0.0989. The summed E-state index contributed by atoms with van der Waals surface area (Å²) < 4.78 is 13.1. The van der Waals surface area contributed by atoms with E-state index in [-0.39, 0.29) is 17.6 Å². The van der Waals surface area contributed by atoms with Crippen LogP contribution in [0.4, 0.5) is 4.39 Å². The van der Waals surface area contributed by atoms with Gasteiger partial charge in [-0.15, -0.1) is 0 Å². The summed E-state index contributed by atoms with van der Waals surface area (Å²) in [4.78, 5) is 0. The van der Waals surface area contributed by atoms with Gasteiger partial charge in [0.25, 0.3) is 0 Å². The molecule has 2 nitrogen and oxygen atoms in total. The third-order valence-corrected chi connectivity index (χ3v) is 3.38. The van der Waals surface area contributed by atoms with Gasteiger partial charge in [0.15, 0.2) is 0 Å². The molecule has 0 bridgehead atoms. The largest absolute Gasteiger partial charge is 0.508 e. The molecule has 100 valence electrons. The Morgan fingerprint density at radius 3 is 2.68 bits per heavy atom. The Morgan fingerprint density at radius 2 is 2.00 bits per heavy atom. The molecule has 0 fully saturated rings. The quantitative estimate of drug-likeness (QED) is 0.885. The lowest BCUT2D eigenvalue weighted by molar-refractivity contribution is 0.460. The molecule has 1 atom stereocenters. The van der Waals surface area contributed by atoms with Crippen molar-refractivity contribution in [2.45, 2.75) is 19.5 Å². The highest BCUT2D eigenvalue weighted by atomic mass is 35.5. The van der Waals surface area contributed by atoms with Crippen LogP contribution in [0.15, 0.2) is 42.5 Å². The zero-order valence-electron chi connectivity index (χ0n) is 10.5. The number of halogens is 2. The summed E-state index contributed by atoms with van der Waals surface area (Å²) >= 11 is 6.02. The maximum Gasteiger partial charge on any atom is 0.123 e. The molecule has 0 unspecified atom stereocenters. The van der Waals surface area contributed by atoms with Crippen LogP contribution in [0.1, 0.15) is 24.1 Å². The van der Waals surface area contributed by atoms with Crippen molar-refractivity contribution in [2.75, 3.05) is 0 Å². The summed E-state index contributed by atoms with van der Waals surface area (Å²) in [5, 5.41) is 13.5. The number of benzene rings is 2. The molecule has 19 heavy (non-hydrogen) atoms. The first-order chi connectivity index (χ1) is 9.08. The first-order valence-corrected chi connectivity index (χ1v) is 6.41. The van der Waals surface area contributed by atoms with Crippen LogP contribution in [0, 0.1) is 5.82 Å². The van der Waals surface area contributed by atoms with Crippen LogP contribution < -0.4 is 5.32 Å². The highest BCUT2D eigenvalue weighted by Gasteiger charge is 2.09. The average Bonchev–Trinajstić information content (AvgIpc) is 2.38. The lowest BCUT2D eigenvalue weighted by Gasteiger charge is -2.15. The molecule has 4 heteroatoms. The summed E-state index contributed by atoms with van der Waals surface area (Å²) in [6.45, 7) is 2.35. The van der Waals surface area contributed by atoms with Crippen molar-refractivity contribution in [3.05, 3.63) is 64.4 Å². The van der Waals surface area contributed by atoms with E-state index >= 15 is 0 Å². The summed E-state index contributed by atoms with van der Waals surface area (Å²) in [6, 6.07) is 11.4.